The molecule has 0 bridgehead atoms. The van der Waals surface area contributed by atoms with Gasteiger partial charge in [0.05, 0.1) is 24.1 Å². The molecule has 0 aliphatic heterocycles. The van der Waals surface area contributed by atoms with Crippen LogP contribution in [0.4, 0.5) is 18.9 Å². The minimum atomic E-state index is -4.72. The molecule has 0 aliphatic carbocycles. The van der Waals surface area contributed by atoms with Gasteiger partial charge in [-0.1, -0.05) is 12.1 Å². The van der Waals surface area contributed by atoms with E-state index in [1.807, 2.05) is 0 Å². The summed E-state index contributed by atoms with van der Waals surface area (Å²) < 4.78 is 40.6. The quantitative estimate of drug-likeness (QED) is 0.926. The van der Waals surface area contributed by atoms with Gasteiger partial charge in [-0.05, 0) is 12.1 Å². The second kappa shape index (κ2) is 5.55. The van der Waals surface area contributed by atoms with Gasteiger partial charge in [-0.25, -0.2) is 0 Å². The lowest BCUT2D eigenvalue weighted by molar-refractivity contribution is -0.274. The molecule has 0 aliphatic rings. The van der Waals surface area contributed by atoms with Crippen LogP contribution in [0.15, 0.2) is 42.9 Å². The van der Waals surface area contributed by atoms with E-state index in [9.17, 15) is 13.2 Å². The van der Waals surface area contributed by atoms with Crippen molar-refractivity contribution in [1.82, 2.24) is 9.97 Å². The highest BCUT2D eigenvalue weighted by Gasteiger charge is 2.32. The summed E-state index contributed by atoms with van der Waals surface area (Å²) in [6.07, 6.45) is -0.163. The zero-order valence-corrected chi connectivity index (χ0v) is 9.69. The molecule has 100 valence electrons. The smallest absolute Gasteiger partial charge is 0.404 e. The van der Waals surface area contributed by atoms with Crippen LogP contribution in [0.3, 0.4) is 0 Å². The Morgan fingerprint density at radius 3 is 2.63 bits per heavy atom. The fourth-order valence-electron chi connectivity index (χ4n) is 1.43. The molecule has 1 heterocycles. The van der Waals surface area contributed by atoms with Crippen LogP contribution in [0.25, 0.3) is 0 Å². The Morgan fingerprint density at radius 2 is 1.95 bits per heavy atom. The number of nitrogens with zero attached hydrogens (tertiary/aromatic N) is 2. The molecule has 7 heteroatoms. The van der Waals surface area contributed by atoms with E-state index >= 15 is 0 Å². The lowest BCUT2D eigenvalue weighted by Gasteiger charge is -2.14. The van der Waals surface area contributed by atoms with Crippen LogP contribution in [0, 0.1) is 0 Å². The van der Waals surface area contributed by atoms with Gasteiger partial charge >= 0.3 is 6.36 Å². The van der Waals surface area contributed by atoms with Crippen molar-refractivity contribution < 1.29 is 17.9 Å². The van der Waals surface area contributed by atoms with Crippen molar-refractivity contribution in [1.29, 1.82) is 0 Å². The number of rotatable bonds is 4. The Hall–Kier alpha value is -2.31. The Bertz CT molecular complexity index is 531. The number of ether oxygens (including phenoxy) is 1. The van der Waals surface area contributed by atoms with E-state index in [2.05, 4.69) is 20.0 Å². The summed E-state index contributed by atoms with van der Waals surface area (Å²) in [5, 5.41) is 2.82. The van der Waals surface area contributed by atoms with Crippen LogP contribution in [0.1, 0.15) is 5.69 Å². The fraction of sp³-hybridized carbons (Fsp3) is 0.167. The molecular formula is C12H10F3N3O. The van der Waals surface area contributed by atoms with E-state index in [0.717, 1.165) is 0 Å². The molecule has 2 rings (SSSR count). The molecule has 2 aromatic rings. The van der Waals surface area contributed by atoms with Gasteiger partial charge in [0.1, 0.15) is 0 Å². The number of para-hydroxylation sites is 2. The maximum atomic E-state index is 12.2. The number of hydrogen-bond acceptors (Lipinski definition) is 4. The van der Waals surface area contributed by atoms with Gasteiger partial charge in [0.25, 0.3) is 0 Å². The number of halogens is 3. The van der Waals surface area contributed by atoms with Crippen molar-refractivity contribution in [2.24, 2.45) is 0 Å². The third-order valence-electron chi connectivity index (χ3n) is 2.19. The maximum absolute atomic E-state index is 12.2. The van der Waals surface area contributed by atoms with Gasteiger partial charge < -0.3 is 10.1 Å². The number of benzene rings is 1. The van der Waals surface area contributed by atoms with Crippen LogP contribution >= 0.6 is 0 Å². The first-order chi connectivity index (χ1) is 9.04. The zero-order valence-electron chi connectivity index (χ0n) is 9.69. The van der Waals surface area contributed by atoms with E-state index < -0.39 is 6.36 Å². The molecule has 0 saturated heterocycles. The van der Waals surface area contributed by atoms with Gasteiger partial charge in [-0.3, -0.25) is 9.97 Å². The van der Waals surface area contributed by atoms with Crippen LogP contribution in [0.5, 0.6) is 5.75 Å². The molecule has 0 unspecified atom stereocenters. The van der Waals surface area contributed by atoms with E-state index in [1.54, 1.807) is 6.07 Å². The van der Waals surface area contributed by atoms with Gasteiger partial charge in [-0.15, -0.1) is 13.2 Å². The van der Waals surface area contributed by atoms with Crippen LogP contribution in [0.2, 0.25) is 0 Å². The van der Waals surface area contributed by atoms with Crippen molar-refractivity contribution >= 4 is 5.69 Å². The predicted octanol–water partition coefficient (Wildman–Crippen LogP) is 2.99. The molecule has 0 saturated carbocycles. The topological polar surface area (TPSA) is 47.0 Å². The van der Waals surface area contributed by atoms with Crippen molar-refractivity contribution in [2.75, 3.05) is 5.32 Å². The summed E-state index contributed by atoms with van der Waals surface area (Å²) in [7, 11) is 0. The first kappa shape index (κ1) is 13.1. The number of hydrogen-bond donors (Lipinski definition) is 1. The number of alkyl halides is 3. The van der Waals surface area contributed by atoms with Crippen molar-refractivity contribution in [2.45, 2.75) is 12.9 Å². The largest absolute Gasteiger partial charge is 0.573 e. The Morgan fingerprint density at radius 1 is 1.16 bits per heavy atom. The summed E-state index contributed by atoms with van der Waals surface area (Å²) >= 11 is 0. The fourth-order valence-corrected chi connectivity index (χ4v) is 1.43. The van der Waals surface area contributed by atoms with E-state index in [-0.39, 0.29) is 18.0 Å². The molecule has 1 aromatic carbocycles. The van der Waals surface area contributed by atoms with Crippen LogP contribution < -0.4 is 10.1 Å². The van der Waals surface area contributed by atoms with Crippen molar-refractivity contribution in [3.63, 3.8) is 0 Å². The monoisotopic (exact) mass is 269 g/mol. The minimum absolute atomic E-state index is 0.241. The molecule has 1 N–H and O–H groups in total. The molecule has 4 nitrogen and oxygen atoms in total. The molecule has 0 atom stereocenters. The predicted molar refractivity (Wildman–Crippen MR) is 62.5 cm³/mol. The molecule has 0 spiro atoms. The Balaban J connectivity index is 2.08. The average Bonchev–Trinajstić information content (AvgIpc) is 2.37. The van der Waals surface area contributed by atoms with E-state index in [0.29, 0.717) is 5.69 Å². The maximum Gasteiger partial charge on any atom is 0.573 e. The normalized spacial score (nSPS) is 11.1. The molecule has 0 radical (unpaired) electrons. The van der Waals surface area contributed by atoms with Crippen LogP contribution in [-0.4, -0.2) is 16.3 Å². The van der Waals surface area contributed by atoms with Gasteiger partial charge in [0, 0.05) is 12.4 Å². The first-order valence-corrected chi connectivity index (χ1v) is 5.38. The lowest BCUT2D eigenvalue weighted by Crippen LogP contribution is -2.18. The average molecular weight is 269 g/mol. The highest BCUT2D eigenvalue weighted by atomic mass is 19.4. The summed E-state index contributed by atoms with van der Waals surface area (Å²) in [5.41, 5.74) is 0.856. The standard InChI is InChI=1S/C12H10F3N3O/c13-12(14,15)19-11-4-2-1-3-10(11)18-8-9-7-16-5-6-17-9/h1-7,18H,8H2. The van der Waals surface area contributed by atoms with Gasteiger partial charge in [0.2, 0.25) is 0 Å². The number of anilines is 1. The highest BCUT2D eigenvalue weighted by molar-refractivity contribution is 5.56. The lowest BCUT2D eigenvalue weighted by atomic mass is 10.3. The van der Waals surface area contributed by atoms with Crippen molar-refractivity contribution in [3.05, 3.63) is 48.5 Å². The van der Waals surface area contributed by atoms with E-state index in [1.165, 1.54) is 36.8 Å². The summed E-state index contributed by atoms with van der Waals surface area (Å²) in [6.45, 7) is 0.256. The Kier molecular flexibility index (Phi) is 3.84. The molecule has 0 amide bonds. The Labute approximate surface area is 107 Å². The third kappa shape index (κ3) is 4.13. The third-order valence-corrected chi connectivity index (χ3v) is 2.19. The SMILES string of the molecule is FC(F)(F)Oc1ccccc1NCc1cnccn1. The molecule has 19 heavy (non-hydrogen) atoms. The summed E-state index contributed by atoms with van der Waals surface area (Å²) in [4.78, 5) is 7.88. The zero-order chi connectivity index (χ0) is 13.7. The van der Waals surface area contributed by atoms with Gasteiger partial charge in [0.15, 0.2) is 5.75 Å². The minimum Gasteiger partial charge on any atom is -0.404 e. The highest BCUT2D eigenvalue weighted by Crippen LogP contribution is 2.29. The summed E-state index contributed by atoms with van der Waals surface area (Å²) in [6, 6.07) is 5.82. The van der Waals surface area contributed by atoms with Gasteiger partial charge in [-0.2, -0.15) is 0 Å². The molecule has 1 aromatic heterocycles. The first-order valence-electron chi connectivity index (χ1n) is 5.38. The second-order valence-corrected chi connectivity index (χ2v) is 3.59. The summed E-state index contributed by atoms with van der Waals surface area (Å²) in [5.74, 6) is -0.279. The number of aromatic nitrogens is 2. The number of nitrogens with one attached hydrogen (secondary N) is 1. The van der Waals surface area contributed by atoms with Crippen LogP contribution in [-0.2, 0) is 6.54 Å². The molecular weight excluding hydrogens is 259 g/mol. The van der Waals surface area contributed by atoms with E-state index in [4.69, 9.17) is 0 Å². The van der Waals surface area contributed by atoms with Crippen molar-refractivity contribution in [3.8, 4) is 5.75 Å². The molecule has 0 fully saturated rings. The second-order valence-electron chi connectivity index (χ2n) is 3.59.